The molecule has 1 fully saturated rings. The molecule has 0 unspecified atom stereocenters. The lowest BCUT2D eigenvalue weighted by atomic mass is 10.2. The zero-order chi connectivity index (χ0) is 18.8. The molecule has 0 N–H and O–H groups in total. The van der Waals surface area contributed by atoms with E-state index in [0.717, 1.165) is 35.9 Å². The van der Waals surface area contributed by atoms with Gasteiger partial charge in [-0.05, 0) is 30.7 Å². The van der Waals surface area contributed by atoms with Crippen LogP contribution in [0.3, 0.4) is 0 Å². The maximum atomic E-state index is 12.5. The second-order valence-electron chi connectivity index (χ2n) is 6.53. The SMILES string of the molecule is Cc1nc(CN2CCN(C(=O)C=Cc3cc(Cl)c4c(c3)OCO4)CC2)cs1. The van der Waals surface area contributed by atoms with E-state index in [1.54, 1.807) is 29.6 Å². The van der Waals surface area contributed by atoms with Crippen molar-refractivity contribution in [2.24, 2.45) is 0 Å². The maximum absolute atomic E-state index is 12.5. The fourth-order valence-electron chi connectivity index (χ4n) is 3.19. The summed E-state index contributed by atoms with van der Waals surface area (Å²) in [7, 11) is 0. The minimum absolute atomic E-state index is 0.00735. The first-order chi connectivity index (χ1) is 13.1. The quantitative estimate of drug-likeness (QED) is 0.731. The number of aromatic nitrogens is 1. The van der Waals surface area contributed by atoms with Crippen LogP contribution in [0, 0.1) is 6.92 Å². The largest absolute Gasteiger partial charge is 0.454 e. The second-order valence-corrected chi connectivity index (χ2v) is 8.00. The van der Waals surface area contributed by atoms with Crippen molar-refractivity contribution in [2.75, 3.05) is 33.0 Å². The fraction of sp³-hybridized carbons (Fsp3) is 0.368. The third-order valence-electron chi connectivity index (χ3n) is 4.60. The van der Waals surface area contributed by atoms with Gasteiger partial charge in [0.15, 0.2) is 11.5 Å². The molecule has 3 heterocycles. The number of hydrogen-bond acceptors (Lipinski definition) is 6. The van der Waals surface area contributed by atoms with Crippen LogP contribution in [0.2, 0.25) is 5.02 Å². The number of thiazole rings is 1. The molecule has 4 rings (SSSR count). The highest BCUT2D eigenvalue weighted by Gasteiger charge is 2.21. The van der Waals surface area contributed by atoms with Crippen molar-refractivity contribution in [2.45, 2.75) is 13.5 Å². The van der Waals surface area contributed by atoms with Gasteiger partial charge in [0.2, 0.25) is 12.7 Å². The molecule has 2 aromatic rings. The molecule has 27 heavy (non-hydrogen) atoms. The van der Waals surface area contributed by atoms with Gasteiger partial charge in [-0.2, -0.15) is 0 Å². The van der Waals surface area contributed by atoms with Gasteiger partial charge in [-0.15, -0.1) is 11.3 Å². The molecule has 2 aliphatic heterocycles. The Bertz CT molecular complexity index is 875. The maximum Gasteiger partial charge on any atom is 0.246 e. The van der Waals surface area contributed by atoms with Gasteiger partial charge in [0.05, 0.1) is 15.7 Å². The fourth-order valence-corrected chi connectivity index (χ4v) is 4.07. The van der Waals surface area contributed by atoms with Crippen LogP contribution in [0.5, 0.6) is 11.5 Å². The molecule has 1 saturated heterocycles. The van der Waals surface area contributed by atoms with Crippen molar-refractivity contribution in [1.82, 2.24) is 14.8 Å². The predicted octanol–water partition coefficient (Wildman–Crippen LogP) is 3.19. The molecule has 1 aromatic heterocycles. The Morgan fingerprint density at radius 2 is 2.11 bits per heavy atom. The molecule has 8 heteroatoms. The van der Waals surface area contributed by atoms with E-state index in [2.05, 4.69) is 15.3 Å². The van der Waals surface area contributed by atoms with Gasteiger partial charge in [0, 0.05) is 44.2 Å². The lowest BCUT2D eigenvalue weighted by Gasteiger charge is -2.33. The Morgan fingerprint density at radius 3 is 2.85 bits per heavy atom. The van der Waals surface area contributed by atoms with Crippen LogP contribution >= 0.6 is 22.9 Å². The summed E-state index contributed by atoms with van der Waals surface area (Å²) in [6, 6.07) is 3.60. The van der Waals surface area contributed by atoms with E-state index in [1.165, 1.54) is 0 Å². The lowest BCUT2D eigenvalue weighted by Crippen LogP contribution is -2.47. The zero-order valence-electron chi connectivity index (χ0n) is 15.0. The Morgan fingerprint density at radius 1 is 1.30 bits per heavy atom. The highest BCUT2D eigenvalue weighted by Crippen LogP contribution is 2.40. The third-order valence-corrected chi connectivity index (χ3v) is 5.71. The number of carbonyl (C=O) groups excluding carboxylic acids is 1. The molecule has 1 amide bonds. The minimum Gasteiger partial charge on any atom is -0.454 e. The molecule has 6 nitrogen and oxygen atoms in total. The number of benzene rings is 1. The number of rotatable bonds is 4. The Kier molecular flexibility index (Phi) is 5.33. The van der Waals surface area contributed by atoms with Gasteiger partial charge < -0.3 is 14.4 Å². The lowest BCUT2D eigenvalue weighted by molar-refractivity contribution is -0.127. The standard InChI is InChI=1S/C19H20ClN3O3S/c1-13-21-15(11-27-13)10-22-4-6-23(7-5-22)18(24)3-2-14-8-16(20)19-17(9-14)25-12-26-19/h2-3,8-9,11H,4-7,10,12H2,1H3. The van der Waals surface area contributed by atoms with Crippen LogP contribution in [-0.4, -0.2) is 53.7 Å². The van der Waals surface area contributed by atoms with E-state index in [9.17, 15) is 4.79 Å². The molecule has 1 aromatic carbocycles. The summed E-state index contributed by atoms with van der Waals surface area (Å²) in [6.45, 7) is 6.18. The number of halogens is 1. The molecule has 2 aliphatic rings. The summed E-state index contributed by atoms with van der Waals surface area (Å²) in [4.78, 5) is 21.2. The topological polar surface area (TPSA) is 54.9 Å². The zero-order valence-corrected chi connectivity index (χ0v) is 16.6. The summed E-state index contributed by atoms with van der Waals surface area (Å²) in [5.41, 5.74) is 1.92. The normalized spacial score (nSPS) is 17.0. The van der Waals surface area contributed by atoms with Gasteiger partial charge in [0.25, 0.3) is 0 Å². The van der Waals surface area contributed by atoms with Crippen LogP contribution in [0.25, 0.3) is 6.08 Å². The van der Waals surface area contributed by atoms with Gasteiger partial charge in [-0.25, -0.2) is 4.98 Å². The van der Waals surface area contributed by atoms with E-state index in [-0.39, 0.29) is 12.7 Å². The molecular weight excluding hydrogens is 386 g/mol. The summed E-state index contributed by atoms with van der Waals surface area (Å²) in [6.07, 6.45) is 3.36. The molecule has 0 atom stereocenters. The molecular formula is C19H20ClN3O3S. The van der Waals surface area contributed by atoms with E-state index in [4.69, 9.17) is 21.1 Å². The Labute approximate surface area is 167 Å². The summed E-state index contributed by atoms with van der Waals surface area (Å²) in [5, 5.41) is 3.68. The summed E-state index contributed by atoms with van der Waals surface area (Å²) < 4.78 is 10.7. The van der Waals surface area contributed by atoms with Crippen molar-refractivity contribution >= 4 is 34.9 Å². The van der Waals surface area contributed by atoms with Crippen molar-refractivity contribution in [3.63, 3.8) is 0 Å². The van der Waals surface area contributed by atoms with Gasteiger partial charge in [0.1, 0.15) is 0 Å². The first kappa shape index (κ1) is 18.3. The smallest absolute Gasteiger partial charge is 0.246 e. The minimum atomic E-state index is 0.00735. The van der Waals surface area contributed by atoms with E-state index in [1.807, 2.05) is 17.9 Å². The van der Waals surface area contributed by atoms with Crippen LogP contribution in [-0.2, 0) is 11.3 Å². The predicted molar refractivity (Wildman–Crippen MR) is 105 cm³/mol. The first-order valence-electron chi connectivity index (χ1n) is 8.78. The van der Waals surface area contributed by atoms with Crippen molar-refractivity contribution in [3.05, 3.63) is 44.9 Å². The number of amides is 1. The number of piperazine rings is 1. The summed E-state index contributed by atoms with van der Waals surface area (Å²) >= 11 is 7.85. The van der Waals surface area contributed by atoms with Crippen molar-refractivity contribution in [3.8, 4) is 11.5 Å². The van der Waals surface area contributed by atoms with Crippen molar-refractivity contribution in [1.29, 1.82) is 0 Å². The van der Waals surface area contributed by atoms with E-state index >= 15 is 0 Å². The van der Waals surface area contributed by atoms with Gasteiger partial charge in [-0.3, -0.25) is 9.69 Å². The highest BCUT2D eigenvalue weighted by molar-refractivity contribution is 7.09. The Balaban J connectivity index is 1.32. The number of ether oxygens (including phenoxy) is 2. The average Bonchev–Trinajstić information content (AvgIpc) is 3.29. The van der Waals surface area contributed by atoms with Crippen molar-refractivity contribution < 1.29 is 14.3 Å². The number of aryl methyl sites for hydroxylation is 1. The molecule has 0 saturated carbocycles. The van der Waals surface area contributed by atoms with Gasteiger partial charge in [-0.1, -0.05) is 11.6 Å². The van der Waals surface area contributed by atoms with E-state index in [0.29, 0.717) is 29.6 Å². The molecule has 0 radical (unpaired) electrons. The average molecular weight is 406 g/mol. The van der Waals surface area contributed by atoms with Crippen LogP contribution in [0.1, 0.15) is 16.3 Å². The number of nitrogens with zero attached hydrogens (tertiary/aromatic N) is 3. The molecule has 0 aliphatic carbocycles. The van der Waals surface area contributed by atoms with E-state index < -0.39 is 0 Å². The number of hydrogen-bond donors (Lipinski definition) is 0. The molecule has 142 valence electrons. The summed E-state index contributed by atoms with van der Waals surface area (Å²) in [5.74, 6) is 1.18. The monoisotopic (exact) mass is 405 g/mol. The number of carbonyl (C=O) groups is 1. The Hall–Kier alpha value is -2.09. The van der Waals surface area contributed by atoms with Crippen LogP contribution in [0.4, 0.5) is 0 Å². The molecule has 0 bridgehead atoms. The first-order valence-corrected chi connectivity index (χ1v) is 10.0. The highest BCUT2D eigenvalue weighted by atomic mass is 35.5. The van der Waals surface area contributed by atoms with Gasteiger partial charge >= 0.3 is 0 Å². The third kappa shape index (κ3) is 4.26. The van der Waals surface area contributed by atoms with Crippen LogP contribution in [0.15, 0.2) is 23.6 Å². The second kappa shape index (κ2) is 7.88. The number of fused-ring (bicyclic) bond motifs is 1. The van der Waals surface area contributed by atoms with Crippen LogP contribution < -0.4 is 9.47 Å². The molecule has 0 spiro atoms.